The quantitative estimate of drug-likeness (QED) is 0.832. The van der Waals surface area contributed by atoms with Gasteiger partial charge >= 0.3 is 0 Å². The van der Waals surface area contributed by atoms with Crippen LogP contribution < -0.4 is 10.6 Å². The van der Waals surface area contributed by atoms with Crippen LogP contribution in [0.3, 0.4) is 0 Å². The number of hydrogen-bond donors (Lipinski definition) is 1. The van der Waals surface area contributed by atoms with Crippen LogP contribution in [0.25, 0.3) is 0 Å². The Morgan fingerprint density at radius 2 is 2.25 bits per heavy atom. The summed E-state index contributed by atoms with van der Waals surface area (Å²) in [7, 11) is 1.79. The summed E-state index contributed by atoms with van der Waals surface area (Å²) in [6.07, 6.45) is 4.44. The maximum Gasteiger partial charge on any atom is 0.0605 e. The molecule has 2 N–H and O–H groups in total. The Bertz CT molecular complexity index is 335. The van der Waals surface area contributed by atoms with Crippen molar-refractivity contribution in [2.75, 3.05) is 25.1 Å². The standard InChI is InChI=1S/C12H19N3O/c1-16-12-3-6-15(7-4-12)11-2-5-14-10(8-11)9-13/h2,5,8,12H,3-4,6-7,9,13H2,1H3. The largest absolute Gasteiger partial charge is 0.381 e. The minimum absolute atomic E-state index is 0.423. The van der Waals surface area contributed by atoms with Crippen molar-refractivity contribution < 1.29 is 4.74 Å². The highest BCUT2D eigenvalue weighted by molar-refractivity contribution is 5.46. The molecule has 0 unspecified atom stereocenters. The Hall–Kier alpha value is -1.13. The molecule has 1 fully saturated rings. The Morgan fingerprint density at radius 1 is 1.50 bits per heavy atom. The van der Waals surface area contributed by atoms with Crippen molar-refractivity contribution in [3.05, 3.63) is 24.0 Å². The summed E-state index contributed by atoms with van der Waals surface area (Å²) in [5, 5.41) is 0. The molecule has 16 heavy (non-hydrogen) atoms. The Kier molecular flexibility index (Phi) is 3.74. The number of nitrogens with two attached hydrogens (primary N) is 1. The van der Waals surface area contributed by atoms with Crippen LogP contribution >= 0.6 is 0 Å². The van der Waals surface area contributed by atoms with Crippen LogP contribution in [-0.2, 0) is 11.3 Å². The molecule has 1 aromatic rings. The van der Waals surface area contributed by atoms with Crippen LogP contribution in [0.5, 0.6) is 0 Å². The zero-order valence-corrected chi connectivity index (χ0v) is 9.72. The minimum atomic E-state index is 0.423. The molecule has 2 rings (SSSR count). The molecular weight excluding hydrogens is 202 g/mol. The van der Waals surface area contributed by atoms with E-state index in [1.54, 1.807) is 7.11 Å². The molecule has 2 heterocycles. The van der Waals surface area contributed by atoms with Crippen LogP contribution in [0.4, 0.5) is 5.69 Å². The number of hydrogen-bond acceptors (Lipinski definition) is 4. The van der Waals surface area contributed by atoms with Crippen molar-refractivity contribution in [2.24, 2.45) is 5.73 Å². The van der Waals surface area contributed by atoms with E-state index in [-0.39, 0.29) is 0 Å². The van der Waals surface area contributed by atoms with E-state index in [1.807, 2.05) is 12.3 Å². The topological polar surface area (TPSA) is 51.4 Å². The van der Waals surface area contributed by atoms with Crippen LogP contribution in [0.1, 0.15) is 18.5 Å². The maximum atomic E-state index is 5.59. The summed E-state index contributed by atoms with van der Waals surface area (Å²) in [4.78, 5) is 6.58. The summed E-state index contributed by atoms with van der Waals surface area (Å²) >= 11 is 0. The van der Waals surface area contributed by atoms with Crippen molar-refractivity contribution >= 4 is 5.69 Å². The second-order valence-corrected chi connectivity index (χ2v) is 4.13. The Morgan fingerprint density at radius 3 is 2.88 bits per heavy atom. The predicted octanol–water partition coefficient (Wildman–Crippen LogP) is 1.16. The normalized spacial score (nSPS) is 17.8. The summed E-state index contributed by atoms with van der Waals surface area (Å²) in [6, 6.07) is 4.12. The van der Waals surface area contributed by atoms with Crippen LogP contribution in [0, 0.1) is 0 Å². The molecule has 4 nitrogen and oxygen atoms in total. The lowest BCUT2D eigenvalue weighted by Crippen LogP contribution is -2.36. The van der Waals surface area contributed by atoms with E-state index in [1.165, 1.54) is 5.69 Å². The number of nitrogens with zero attached hydrogens (tertiary/aromatic N) is 2. The monoisotopic (exact) mass is 221 g/mol. The molecular formula is C12H19N3O. The van der Waals surface area contributed by atoms with Gasteiger partial charge in [-0.05, 0) is 25.0 Å². The fourth-order valence-corrected chi connectivity index (χ4v) is 2.12. The van der Waals surface area contributed by atoms with Crippen molar-refractivity contribution in [1.29, 1.82) is 0 Å². The van der Waals surface area contributed by atoms with E-state index in [0.717, 1.165) is 31.6 Å². The molecule has 0 aromatic carbocycles. The Balaban J connectivity index is 2.02. The van der Waals surface area contributed by atoms with Gasteiger partial charge < -0.3 is 15.4 Å². The summed E-state index contributed by atoms with van der Waals surface area (Å²) in [5.74, 6) is 0. The highest BCUT2D eigenvalue weighted by Gasteiger charge is 2.18. The van der Waals surface area contributed by atoms with Crippen molar-refractivity contribution in [3.8, 4) is 0 Å². The molecule has 1 saturated heterocycles. The summed E-state index contributed by atoms with van der Waals surface area (Å²) in [5.41, 5.74) is 7.77. The van der Waals surface area contributed by atoms with E-state index in [9.17, 15) is 0 Å². The molecule has 0 atom stereocenters. The van der Waals surface area contributed by atoms with Gasteiger partial charge in [-0.3, -0.25) is 4.98 Å². The highest BCUT2D eigenvalue weighted by atomic mass is 16.5. The van der Waals surface area contributed by atoms with E-state index in [0.29, 0.717) is 12.6 Å². The fraction of sp³-hybridized carbons (Fsp3) is 0.583. The van der Waals surface area contributed by atoms with Crippen molar-refractivity contribution in [1.82, 2.24) is 4.98 Å². The first-order valence-electron chi connectivity index (χ1n) is 5.76. The highest BCUT2D eigenvalue weighted by Crippen LogP contribution is 2.21. The lowest BCUT2D eigenvalue weighted by Gasteiger charge is -2.33. The molecule has 0 amide bonds. The first-order valence-corrected chi connectivity index (χ1v) is 5.76. The van der Waals surface area contributed by atoms with Gasteiger partial charge in [-0.1, -0.05) is 0 Å². The lowest BCUT2D eigenvalue weighted by atomic mass is 10.1. The number of piperidine rings is 1. The predicted molar refractivity (Wildman–Crippen MR) is 64.4 cm³/mol. The van der Waals surface area contributed by atoms with Crippen molar-refractivity contribution in [3.63, 3.8) is 0 Å². The van der Waals surface area contributed by atoms with Gasteiger partial charge in [-0.25, -0.2) is 0 Å². The SMILES string of the molecule is COC1CCN(c2ccnc(CN)c2)CC1. The summed E-state index contributed by atoms with van der Waals surface area (Å²) in [6.45, 7) is 2.60. The molecule has 0 aliphatic carbocycles. The van der Waals surface area contributed by atoms with Crippen molar-refractivity contribution in [2.45, 2.75) is 25.5 Å². The minimum Gasteiger partial charge on any atom is -0.381 e. The number of ether oxygens (including phenoxy) is 1. The number of rotatable bonds is 3. The third-order valence-electron chi connectivity index (χ3n) is 3.15. The first kappa shape index (κ1) is 11.4. The maximum absolute atomic E-state index is 5.59. The third-order valence-corrected chi connectivity index (χ3v) is 3.15. The third kappa shape index (κ3) is 2.51. The van der Waals surface area contributed by atoms with Gasteiger partial charge in [-0.2, -0.15) is 0 Å². The summed E-state index contributed by atoms with van der Waals surface area (Å²) < 4.78 is 5.36. The van der Waals surface area contributed by atoms with Gasteiger partial charge in [0.15, 0.2) is 0 Å². The van der Waals surface area contributed by atoms with Crippen LogP contribution in [0.2, 0.25) is 0 Å². The number of methoxy groups -OCH3 is 1. The molecule has 88 valence electrons. The van der Waals surface area contributed by atoms with E-state index >= 15 is 0 Å². The molecule has 0 spiro atoms. The van der Waals surface area contributed by atoms with E-state index in [4.69, 9.17) is 10.5 Å². The average Bonchev–Trinajstić information content (AvgIpc) is 2.39. The second-order valence-electron chi connectivity index (χ2n) is 4.13. The fourth-order valence-electron chi connectivity index (χ4n) is 2.12. The zero-order valence-electron chi connectivity index (χ0n) is 9.72. The van der Waals surface area contributed by atoms with Crippen LogP contribution in [-0.4, -0.2) is 31.3 Å². The molecule has 1 aromatic heterocycles. The second kappa shape index (κ2) is 5.27. The molecule has 4 heteroatoms. The molecule has 0 bridgehead atoms. The van der Waals surface area contributed by atoms with Gasteiger partial charge in [-0.15, -0.1) is 0 Å². The van der Waals surface area contributed by atoms with Crippen LogP contribution in [0.15, 0.2) is 18.3 Å². The lowest BCUT2D eigenvalue weighted by molar-refractivity contribution is 0.0819. The number of anilines is 1. The van der Waals surface area contributed by atoms with Gasteiger partial charge in [0.25, 0.3) is 0 Å². The van der Waals surface area contributed by atoms with E-state index in [2.05, 4.69) is 16.0 Å². The zero-order chi connectivity index (χ0) is 11.4. The molecule has 1 aliphatic heterocycles. The number of pyridine rings is 1. The van der Waals surface area contributed by atoms with Gasteiger partial charge in [0, 0.05) is 38.6 Å². The smallest absolute Gasteiger partial charge is 0.0605 e. The van der Waals surface area contributed by atoms with E-state index < -0.39 is 0 Å². The van der Waals surface area contributed by atoms with Gasteiger partial charge in [0.2, 0.25) is 0 Å². The first-order chi connectivity index (χ1) is 7.83. The Labute approximate surface area is 96.4 Å². The van der Waals surface area contributed by atoms with Gasteiger partial charge in [0.05, 0.1) is 11.8 Å². The molecule has 0 radical (unpaired) electrons. The average molecular weight is 221 g/mol. The molecule has 0 saturated carbocycles. The molecule has 1 aliphatic rings. The number of aromatic nitrogens is 1. The van der Waals surface area contributed by atoms with Gasteiger partial charge in [0.1, 0.15) is 0 Å².